The number of sulfonamides is 1. The maximum atomic E-state index is 12.3. The van der Waals surface area contributed by atoms with Crippen LogP contribution < -0.4 is 10.9 Å². The summed E-state index contributed by atoms with van der Waals surface area (Å²) in [7, 11) is -3.86. The number of amidine groups is 1. The molecule has 1 aliphatic rings. The lowest BCUT2D eigenvalue weighted by Gasteiger charge is -2.27. The van der Waals surface area contributed by atoms with Crippen molar-refractivity contribution in [3.05, 3.63) is 52.3 Å². The van der Waals surface area contributed by atoms with Gasteiger partial charge in [0.15, 0.2) is 0 Å². The molecule has 0 atom stereocenters. The van der Waals surface area contributed by atoms with Gasteiger partial charge < -0.3 is 0 Å². The number of anilines is 1. The Hall–Kier alpha value is -1.67. The van der Waals surface area contributed by atoms with Crippen LogP contribution in [0.4, 0.5) is 5.69 Å². The van der Waals surface area contributed by atoms with Crippen LogP contribution in [-0.4, -0.2) is 19.2 Å². The highest BCUT2D eigenvalue weighted by Crippen LogP contribution is 2.37. The lowest BCUT2D eigenvalue weighted by atomic mass is 10.2. The minimum Gasteiger partial charge on any atom is -0.264 e. The van der Waals surface area contributed by atoms with E-state index in [4.69, 9.17) is 29.0 Å². The minimum absolute atomic E-state index is 0.0593. The molecule has 2 heterocycles. The fourth-order valence-electron chi connectivity index (χ4n) is 2.24. The van der Waals surface area contributed by atoms with Crippen LogP contribution in [0.3, 0.4) is 0 Å². The number of hydrogen-bond donors (Lipinski definition) is 1. The summed E-state index contributed by atoms with van der Waals surface area (Å²) in [4.78, 5) is 4.13. The molecule has 0 fully saturated rings. The van der Waals surface area contributed by atoms with E-state index in [1.807, 2.05) is 18.2 Å². The number of aromatic nitrogens is 1. The van der Waals surface area contributed by atoms with Crippen LogP contribution >= 0.6 is 23.2 Å². The van der Waals surface area contributed by atoms with Gasteiger partial charge in [0.1, 0.15) is 10.7 Å². The van der Waals surface area contributed by atoms with Crippen molar-refractivity contribution in [1.82, 2.24) is 4.98 Å². The van der Waals surface area contributed by atoms with Crippen LogP contribution in [0.5, 0.6) is 0 Å². The normalized spacial score (nSPS) is 16.0. The van der Waals surface area contributed by atoms with Crippen molar-refractivity contribution >= 4 is 44.7 Å². The maximum Gasteiger partial charge on any atom is 0.286 e. The Balaban J connectivity index is 1.94. The fourth-order valence-corrected chi connectivity index (χ4v) is 3.87. The molecule has 2 N–H and O–H groups in total. The molecule has 9 heteroatoms. The van der Waals surface area contributed by atoms with Crippen molar-refractivity contribution in [2.24, 2.45) is 10.2 Å². The van der Waals surface area contributed by atoms with E-state index in [1.165, 1.54) is 17.1 Å². The largest absolute Gasteiger partial charge is 0.286 e. The van der Waals surface area contributed by atoms with E-state index in [0.717, 1.165) is 5.69 Å². The van der Waals surface area contributed by atoms with E-state index in [0.29, 0.717) is 12.8 Å². The Morgan fingerprint density at radius 3 is 2.57 bits per heavy atom. The minimum atomic E-state index is -3.86. The van der Waals surface area contributed by atoms with Crippen molar-refractivity contribution in [2.75, 3.05) is 5.01 Å². The number of nitrogens with zero attached hydrogens (tertiary/aromatic N) is 3. The van der Waals surface area contributed by atoms with E-state index in [2.05, 4.69) is 9.38 Å². The average molecular weight is 371 g/mol. The predicted molar refractivity (Wildman–Crippen MR) is 90.3 cm³/mol. The van der Waals surface area contributed by atoms with E-state index < -0.39 is 10.0 Å². The molecule has 1 aliphatic heterocycles. The summed E-state index contributed by atoms with van der Waals surface area (Å²) in [5, 5.41) is 1.58. The van der Waals surface area contributed by atoms with Crippen molar-refractivity contribution in [1.29, 1.82) is 0 Å². The summed E-state index contributed by atoms with van der Waals surface area (Å²) >= 11 is 11.9. The number of fused-ring (bicyclic) bond motifs is 1. The third-order valence-corrected chi connectivity index (χ3v) is 5.43. The Kier molecular flexibility index (Phi) is 4.29. The number of rotatable bonds is 3. The first-order valence-electron chi connectivity index (χ1n) is 6.66. The summed E-state index contributed by atoms with van der Waals surface area (Å²) in [6.45, 7) is 0. The molecule has 0 unspecified atom stereocenters. The van der Waals surface area contributed by atoms with Crippen LogP contribution in [0.15, 0.2) is 45.8 Å². The van der Waals surface area contributed by atoms with Gasteiger partial charge in [-0.2, -0.15) is 8.42 Å². The number of benzene rings is 1. The zero-order chi connectivity index (χ0) is 16.6. The van der Waals surface area contributed by atoms with Gasteiger partial charge in [-0.25, -0.2) is 5.84 Å². The van der Waals surface area contributed by atoms with Gasteiger partial charge in [0.05, 0.1) is 15.7 Å². The fraction of sp³-hybridized carbons (Fsp3) is 0.143. The Morgan fingerprint density at radius 2 is 1.87 bits per heavy atom. The van der Waals surface area contributed by atoms with Crippen molar-refractivity contribution in [3.63, 3.8) is 0 Å². The van der Waals surface area contributed by atoms with Crippen LogP contribution in [0, 0.1) is 0 Å². The first-order valence-corrected chi connectivity index (χ1v) is 8.86. The first-order chi connectivity index (χ1) is 10.9. The quantitative estimate of drug-likeness (QED) is 0.839. The van der Waals surface area contributed by atoms with Crippen molar-refractivity contribution < 1.29 is 8.42 Å². The van der Waals surface area contributed by atoms with E-state index >= 15 is 0 Å². The van der Waals surface area contributed by atoms with E-state index in [-0.39, 0.29) is 26.5 Å². The van der Waals surface area contributed by atoms with Crippen molar-refractivity contribution in [3.8, 4) is 0 Å². The second-order valence-corrected chi connectivity index (χ2v) is 7.29. The Labute approximate surface area is 143 Å². The molecule has 0 aliphatic carbocycles. The monoisotopic (exact) mass is 370 g/mol. The molecule has 0 bridgehead atoms. The van der Waals surface area contributed by atoms with Gasteiger partial charge >= 0.3 is 0 Å². The van der Waals surface area contributed by atoms with Crippen LogP contribution in [-0.2, 0) is 16.4 Å². The summed E-state index contributed by atoms with van der Waals surface area (Å²) in [5.74, 6) is 6.23. The molecule has 0 spiro atoms. The molecule has 6 nitrogen and oxygen atoms in total. The van der Waals surface area contributed by atoms with Gasteiger partial charge in [0.2, 0.25) is 0 Å². The van der Waals surface area contributed by atoms with Gasteiger partial charge in [-0.3, -0.25) is 9.99 Å². The molecule has 0 amide bonds. The molecule has 3 rings (SSSR count). The maximum absolute atomic E-state index is 12.3. The summed E-state index contributed by atoms with van der Waals surface area (Å²) in [6.07, 6.45) is 2.51. The first kappa shape index (κ1) is 16.2. The SMILES string of the molecule is NN1C(CCc2ccccn2)=NS(=O)(=O)c2cc(Cl)c(Cl)cc21. The number of hydrazine groups is 1. The number of halogens is 2. The van der Waals surface area contributed by atoms with Gasteiger partial charge in [0.25, 0.3) is 10.0 Å². The molecule has 0 saturated heterocycles. The molecule has 120 valence electrons. The Morgan fingerprint density at radius 1 is 1.13 bits per heavy atom. The highest BCUT2D eigenvalue weighted by atomic mass is 35.5. The van der Waals surface area contributed by atoms with E-state index in [9.17, 15) is 8.42 Å². The zero-order valence-electron chi connectivity index (χ0n) is 11.8. The average Bonchev–Trinajstić information content (AvgIpc) is 2.52. The van der Waals surface area contributed by atoms with Crippen LogP contribution in [0.2, 0.25) is 10.0 Å². The summed E-state index contributed by atoms with van der Waals surface area (Å²) in [5.41, 5.74) is 1.08. The van der Waals surface area contributed by atoms with Crippen molar-refractivity contribution in [2.45, 2.75) is 17.7 Å². The molecule has 1 aromatic heterocycles. The van der Waals surface area contributed by atoms with Gasteiger partial charge in [-0.1, -0.05) is 29.3 Å². The molecule has 0 radical (unpaired) electrons. The number of pyridine rings is 1. The molecule has 23 heavy (non-hydrogen) atoms. The van der Waals surface area contributed by atoms with Gasteiger partial charge in [0, 0.05) is 18.3 Å². The molecular weight excluding hydrogens is 359 g/mol. The van der Waals surface area contributed by atoms with Gasteiger partial charge in [-0.15, -0.1) is 4.40 Å². The highest BCUT2D eigenvalue weighted by molar-refractivity contribution is 7.90. The number of aryl methyl sites for hydroxylation is 1. The van der Waals surface area contributed by atoms with Crippen LogP contribution in [0.25, 0.3) is 0 Å². The zero-order valence-corrected chi connectivity index (χ0v) is 14.1. The van der Waals surface area contributed by atoms with E-state index in [1.54, 1.807) is 6.20 Å². The number of hydrogen-bond acceptors (Lipinski definition) is 5. The highest BCUT2D eigenvalue weighted by Gasteiger charge is 2.30. The summed E-state index contributed by atoms with van der Waals surface area (Å²) in [6, 6.07) is 8.20. The second-order valence-electron chi connectivity index (χ2n) is 4.91. The number of nitrogens with two attached hydrogens (primary N) is 1. The third kappa shape index (κ3) is 3.18. The lowest BCUT2D eigenvalue weighted by molar-refractivity contribution is 0.596. The molecule has 1 aromatic carbocycles. The van der Waals surface area contributed by atoms with Gasteiger partial charge in [-0.05, 0) is 30.7 Å². The second kappa shape index (κ2) is 6.09. The summed E-state index contributed by atoms with van der Waals surface area (Å²) < 4.78 is 28.4. The lowest BCUT2D eigenvalue weighted by Crippen LogP contribution is -2.41. The third-order valence-electron chi connectivity index (χ3n) is 3.37. The predicted octanol–water partition coefficient (Wildman–Crippen LogP) is 2.80. The molecular formula is C14H12Cl2N4O2S. The smallest absolute Gasteiger partial charge is 0.264 e. The Bertz CT molecular complexity index is 885. The molecule has 2 aromatic rings. The molecule has 0 saturated carbocycles. The standard InChI is InChI=1S/C14H12Cl2N4O2S/c15-10-7-12-13(8-11(10)16)23(21,22)19-14(20(12)17)5-4-9-3-1-2-6-18-9/h1-3,6-8H,4-5,17H2. The van der Waals surface area contributed by atoms with Crippen LogP contribution in [0.1, 0.15) is 12.1 Å². The topological polar surface area (TPSA) is 88.7 Å².